The lowest BCUT2D eigenvalue weighted by molar-refractivity contribution is 0.0174. The zero-order valence-electron chi connectivity index (χ0n) is 28.7. The van der Waals surface area contributed by atoms with Crippen molar-refractivity contribution in [3.63, 3.8) is 0 Å². The van der Waals surface area contributed by atoms with Gasteiger partial charge in [-0.25, -0.2) is 8.78 Å². The smallest absolute Gasteiger partial charge is 0.202 e. The molecule has 0 aliphatic heterocycles. The molecule has 3 aromatic carbocycles. The van der Waals surface area contributed by atoms with Gasteiger partial charge in [0, 0.05) is 12.5 Å². The third-order valence-corrected chi connectivity index (χ3v) is 8.11. The maximum Gasteiger partial charge on any atom is 0.270 e. The molecule has 43 heavy (non-hydrogen) atoms. The van der Waals surface area contributed by atoms with E-state index in [0.717, 1.165) is 51.0 Å². The topological polar surface area (TPSA) is 0 Å². The van der Waals surface area contributed by atoms with Crippen molar-refractivity contribution in [2.24, 2.45) is 0 Å². The van der Waals surface area contributed by atoms with Crippen molar-refractivity contribution in [3.05, 3.63) is 106 Å². The van der Waals surface area contributed by atoms with E-state index in [0.29, 0.717) is 5.92 Å². The van der Waals surface area contributed by atoms with Gasteiger partial charge in [0.25, 0.3) is 5.92 Å². The summed E-state index contributed by atoms with van der Waals surface area (Å²) in [5, 5.41) is 0. The lowest BCUT2D eigenvalue weighted by Gasteiger charge is -2.18. The normalized spacial score (nSPS) is 11.7. The number of alkyl halides is 2. The number of rotatable bonds is 17. The third-order valence-electron chi connectivity index (χ3n) is 8.11. The van der Waals surface area contributed by atoms with Crippen molar-refractivity contribution in [2.45, 2.75) is 150 Å². The molecule has 1 unspecified atom stereocenters. The predicted molar refractivity (Wildman–Crippen MR) is 187 cm³/mol. The zero-order chi connectivity index (χ0) is 31.9. The summed E-state index contributed by atoms with van der Waals surface area (Å²) in [6.07, 6.45) is 17.7. The Labute approximate surface area is 264 Å². The Morgan fingerprint density at radius 2 is 1.14 bits per heavy atom. The monoisotopic (exact) mass is 592 g/mol. The second kappa shape index (κ2) is 23.0. The molecule has 0 radical (unpaired) electrons. The van der Waals surface area contributed by atoms with Crippen LogP contribution in [-0.4, -0.2) is 0 Å². The van der Waals surface area contributed by atoms with Crippen LogP contribution in [-0.2, 0) is 31.6 Å². The molecule has 1 atom stereocenters. The van der Waals surface area contributed by atoms with Gasteiger partial charge in [0.05, 0.1) is 0 Å². The Morgan fingerprint density at radius 1 is 0.605 bits per heavy atom. The van der Waals surface area contributed by atoms with Crippen LogP contribution in [0, 0.1) is 0 Å². The van der Waals surface area contributed by atoms with E-state index in [1.807, 2.05) is 26.0 Å². The summed E-state index contributed by atoms with van der Waals surface area (Å²) in [5.74, 6) is -2.29. The van der Waals surface area contributed by atoms with Crippen molar-refractivity contribution in [1.29, 1.82) is 0 Å². The molecular weight excluding hydrogens is 530 g/mol. The van der Waals surface area contributed by atoms with Crippen LogP contribution in [0.1, 0.15) is 152 Å². The number of hydrogen-bond donors (Lipinski definition) is 0. The van der Waals surface area contributed by atoms with Gasteiger partial charge in [-0.1, -0.05) is 166 Å². The molecule has 3 rings (SSSR count). The molecule has 0 aliphatic carbocycles. The average molecular weight is 593 g/mol. The van der Waals surface area contributed by atoms with Gasteiger partial charge in [0.1, 0.15) is 0 Å². The highest BCUT2D eigenvalue weighted by atomic mass is 19.3. The van der Waals surface area contributed by atoms with E-state index in [1.165, 1.54) is 73.6 Å². The van der Waals surface area contributed by atoms with Crippen molar-refractivity contribution in [3.8, 4) is 0 Å². The van der Waals surface area contributed by atoms with E-state index in [9.17, 15) is 8.78 Å². The number of unbranched alkanes of at least 4 members (excludes halogenated alkanes) is 8. The molecule has 0 saturated heterocycles. The lowest BCUT2D eigenvalue weighted by atomic mass is 9.87. The van der Waals surface area contributed by atoms with Gasteiger partial charge in [-0.15, -0.1) is 0 Å². The highest BCUT2D eigenvalue weighted by molar-refractivity contribution is 5.36. The molecule has 0 fully saturated rings. The van der Waals surface area contributed by atoms with Crippen LogP contribution in [0.5, 0.6) is 0 Å². The minimum Gasteiger partial charge on any atom is -0.202 e. The van der Waals surface area contributed by atoms with Crippen LogP contribution in [0.2, 0.25) is 0 Å². The fourth-order valence-electron chi connectivity index (χ4n) is 5.47. The fraction of sp³-hybridized carbons (Fsp3) is 0.561. The second-order valence-electron chi connectivity index (χ2n) is 11.9. The van der Waals surface area contributed by atoms with E-state index in [1.54, 1.807) is 12.1 Å². The molecule has 0 aliphatic rings. The van der Waals surface area contributed by atoms with Crippen molar-refractivity contribution >= 4 is 0 Å². The molecule has 0 heterocycles. The molecule has 0 saturated carbocycles. The van der Waals surface area contributed by atoms with Crippen LogP contribution < -0.4 is 0 Å². The minimum absolute atomic E-state index is 0.0877. The summed E-state index contributed by atoms with van der Waals surface area (Å²) in [6.45, 7) is 14.0. The SMILES string of the molecule is CC.CCCCCCCCCC.CCc1ccc(C(C)Cc2ccccc2)c(CCCCc2ccc(C(C)(F)F)cc2)c1. The summed E-state index contributed by atoms with van der Waals surface area (Å²) in [7, 11) is 0. The first-order valence-electron chi connectivity index (χ1n) is 17.4. The molecular formula is C41H62F2. The Kier molecular flexibility index (Phi) is 20.6. The maximum atomic E-state index is 13.4. The Hall–Kier alpha value is -2.48. The Balaban J connectivity index is 0.000000655. The number of halogens is 2. The first kappa shape index (κ1) is 38.5. The van der Waals surface area contributed by atoms with Gasteiger partial charge in [0.15, 0.2) is 0 Å². The van der Waals surface area contributed by atoms with E-state index >= 15 is 0 Å². The molecule has 0 amide bonds. The van der Waals surface area contributed by atoms with Gasteiger partial charge in [-0.3, -0.25) is 0 Å². The van der Waals surface area contributed by atoms with E-state index in [4.69, 9.17) is 0 Å². The quantitative estimate of drug-likeness (QED) is 0.137. The highest BCUT2D eigenvalue weighted by Crippen LogP contribution is 2.28. The minimum atomic E-state index is -2.77. The lowest BCUT2D eigenvalue weighted by Crippen LogP contribution is -2.06. The standard InChI is InChI=1S/C29H34F2.C10H22.C2H6/c1-4-23-16-19-28(22(2)20-25-11-6-5-7-12-25)26(21-23)13-9-8-10-24-14-17-27(18-15-24)29(3,30)31;1-3-5-7-9-10-8-6-4-2;1-2/h5-7,11-12,14-19,21-22H,4,8-10,13,20H2,1-3H3;3-10H2,1-2H3;1-2H3. The molecule has 2 heteroatoms. The number of hydrogen-bond acceptors (Lipinski definition) is 0. The van der Waals surface area contributed by atoms with Crippen LogP contribution >= 0.6 is 0 Å². The molecule has 0 spiro atoms. The third kappa shape index (κ3) is 16.2. The van der Waals surface area contributed by atoms with Crippen LogP contribution in [0.25, 0.3) is 0 Å². The summed E-state index contributed by atoms with van der Waals surface area (Å²) >= 11 is 0. The Morgan fingerprint density at radius 3 is 1.67 bits per heavy atom. The molecule has 3 aromatic rings. The van der Waals surface area contributed by atoms with Crippen molar-refractivity contribution in [1.82, 2.24) is 0 Å². The molecule has 240 valence electrons. The molecule has 0 N–H and O–H groups in total. The number of benzene rings is 3. The largest absolute Gasteiger partial charge is 0.270 e. The van der Waals surface area contributed by atoms with Gasteiger partial charge in [-0.2, -0.15) is 0 Å². The summed E-state index contributed by atoms with van der Waals surface area (Å²) < 4.78 is 26.8. The van der Waals surface area contributed by atoms with Gasteiger partial charge in [0.2, 0.25) is 0 Å². The van der Waals surface area contributed by atoms with Crippen molar-refractivity contribution in [2.75, 3.05) is 0 Å². The first-order chi connectivity index (χ1) is 20.8. The summed E-state index contributed by atoms with van der Waals surface area (Å²) in [5.41, 5.74) is 6.90. The first-order valence-corrected chi connectivity index (χ1v) is 17.4. The number of aryl methyl sites for hydroxylation is 3. The van der Waals surface area contributed by atoms with Gasteiger partial charge in [-0.05, 0) is 72.3 Å². The molecule has 0 bridgehead atoms. The molecule has 0 aromatic heterocycles. The second-order valence-corrected chi connectivity index (χ2v) is 11.9. The predicted octanol–water partition coefficient (Wildman–Crippen LogP) is 13.4. The van der Waals surface area contributed by atoms with Crippen LogP contribution in [0.4, 0.5) is 8.78 Å². The highest BCUT2D eigenvalue weighted by Gasteiger charge is 2.23. The Bertz CT molecular complexity index is 1060. The van der Waals surface area contributed by atoms with Crippen molar-refractivity contribution < 1.29 is 8.78 Å². The van der Waals surface area contributed by atoms with Crippen LogP contribution in [0.15, 0.2) is 72.8 Å². The summed E-state index contributed by atoms with van der Waals surface area (Å²) in [4.78, 5) is 0. The van der Waals surface area contributed by atoms with E-state index in [-0.39, 0.29) is 5.56 Å². The maximum absolute atomic E-state index is 13.4. The van der Waals surface area contributed by atoms with Gasteiger partial charge >= 0.3 is 0 Å². The van der Waals surface area contributed by atoms with Gasteiger partial charge < -0.3 is 0 Å². The fourth-order valence-corrected chi connectivity index (χ4v) is 5.47. The van der Waals surface area contributed by atoms with Crippen LogP contribution in [0.3, 0.4) is 0 Å². The summed E-state index contributed by atoms with van der Waals surface area (Å²) in [6, 6.07) is 24.5. The van der Waals surface area contributed by atoms with E-state index < -0.39 is 5.92 Å². The molecule has 0 nitrogen and oxygen atoms in total. The average Bonchev–Trinajstić information content (AvgIpc) is 3.02. The van der Waals surface area contributed by atoms with E-state index in [2.05, 4.69) is 76.2 Å². The zero-order valence-corrected chi connectivity index (χ0v) is 28.7.